The number of thioether (sulfide) groups is 1. The van der Waals surface area contributed by atoms with Crippen LogP contribution >= 0.6 is 11.8 Å². The third kappa shape index (κ3) is 2.97. The van der Waals surface area contributed by atoms with Crippen LogP contribution < -0.4 is 16.2 Å². The minimum Gasteiger partial charge on any atom is -0.457 e. The largest absolute Gasteiger partial charge is 0.457 e. The second-order valence-electron chi connectivity index (χ2n) is 5.49. The second-order valence-corrected chi connectivity index (χ2v) is 6.57. The van der Waals surface area contributed by atoms with Crippen LogP contribution in [0.15, 0.2) is 26.4 Å². The molecule has 0 saturated carbocycles. The predicted molar refractivity (Wildman–Crippen MR) is 91.0 cm³/mol. The number of carbonyl (C=O) groups is 1. The van der Waals surface area contributed by atoms with E-state index in [1.165, 1.54) is 11.8 Å². The Balaban J connectivity index is 2.07. The molecule has 4 N–H and O–H groups in total. The first-order valence-corrected chi connectivity index (χ1v) is 8.22. The number of aromatic nitrogens is 2. The van der Waals surface area contributed by atoms with E-state index in [9.17, 15) is 14.7 Å². The van der Waals surface area contributed by atoms with Crippen molar-refractivity contribution in [2.45, 2.75) is 36.3 Å². The van der Waals surface area contributed by atoms with Crippen LogP contribution in [0.4, 0.5) is 11.8 Å². The van der Waals surface area contributed by atoms with Gasteiger partial charge in [0.2, 0.25) is 5.95 Å². The fraction of sp³-hybridized carbons (Fsp3) is 0.462. The molecule has 4 atom stereocenters. The number of fused-ring (bicyclic) bond motifs is 1. The van der Waals surface area contributed by atoms with Crippen LogP contribution in [0.2, 0.25) is 0 Å². The number of anilines is 2. The molecule has 138 valence electrons. The lowest BCUT2D eigenvalue weighted by Crippen LogP contribution is -2.44. The monoisotopic (exact) mass is 381 g/mol. The summed E-state index contributed by atoms with van der Waals surface area (Å²) in [6, 6.07) is -0.972. The van der Waals surface area contributed by atoms with Crippen molar-refractivity contribution in [3.63, 3.8) is 0 Å². The van der Waals surface area contributed by atoms with Gasteiger partial charge >= 0.3 is 5.97 Å². The number of nitrogens with two attached hydrogens (primary N) is 1. The van der Waals surface area contributed by atoms with Crippen LogP contribution in [0.3, 0.4) is 0 Å². The number of aromatic amines is 1. The average Bonchev–Trinajstić information content (AvgIpc) is 3.05. The van der Waals surface area contributed by atoms with Gasteiger partial charge in [-0.05, 0) is 5.53 Å². The van der Waals surface area contributed by atoms with Crippen LogP contribution in [0.5, 0.6) is 0 Å². The Hall–Kier alpha value is -2.73. The van der Waals surface area contributed by atoms with Gasteiger partial charge < -0.3 is 20.3 Å². The first-order chi connectivity index (χ1) is 12.4. The Bertz CT molecular complexity index is 867. The number of hydrogen-bond acceptors (Lipinski definition) is 10. The lowest BCUT2D eigenvalue weighted by Gasteiger charge is -2.29. The minimum absolute atomic E-state index is 0.110. The molecule has 3 rings (SSSR count). The van der Waals surface area contributed by atoms with Crippen LogP contribution in [0, 0.1) is 0 Å². The first-order valence-electron chi connectivity index (χ1n) is 7.41. The number of nitrogen functional groups attached to an aromatic ring is 1. The van der Waals surface area contributed by atoms with E-state index in [-0.39, 0.29) is 16.7 Å². The molecule has 0 unspecified atom stereocenters. The standard InChI is InChI=1S/C13H15N7O5S/c1-4-20(10-9(26-4)11(23)17-13(14)16-10)12-8(24-5(2)22)7(18-19-15)6(3-21)25-12/h6-8,12,21H,1,3H2,2H3,(H3,14,16,17,23)/t6-,7-,8-,12-/m1/s1. The van der Waals surface area contributed by atoms with E-state index in [2.05, 4.69) is 26.6 Å². The maximum atomic E-state index is 12.1. The lowest BCUT2D eigenvalue weighted by molar-refractivity contribution is -0.149. The number of esters is 1. The van der Waals surface area contributed by atoms with E-state index in [0.717, 1.165) is 11.8 Å². The number of ether oxygens (including phenoxy) is 2. The van der Waals surface area contributed by atoms with Gasteiger partial charge in [-0.25, -0.2) is 0 Å². The number of carbonyl (C=O) groups excluding carboxylic acids is 1. The fourth-order valence-electron chi connectivity index (χ4n) is 2.87. The van der Waals surface area contributed by atoms with Gasteiger partial charge in [0.05, 0.1) is 17.7 Å². The molecule has 3 heterocycles. The molecule has 1 aromatic rings. The van der Waals surface area contributed by atoms with Gasteiger partial charge in [-0.1, -0.05) is 23.5 Å². The van der Waals surface area contributed by atoms with Gasteiger partial charge in [0, 0.05) is 11.8 Å². The number of rotatable bonds is 4. The summed E-state index contributed by atoms with van der Waals surface area (Å²) in [6.07, 6.45) is -2.98. The van der Waals surface area contributed by atoms with E-state index >= 15 is 0 Å². The molecule has 0 radical (unpaired) electrons. The third-order valence-corrected chi connectivity index (χ3v) is 4.83. The van der Waals surface area contributed by atoms with Gasteiger partial charge in [0.15, 0.2) is 18.1 Å². The van der Waals surface area contributed by atoms with Crippen molar-refractivity contribution in [2.24, 2.45) is 5.11 Å². The summed E-state index contributed by atoms with van der Waals surface area (Å²) in [4.78, 5) is 34.5. The minimum atomic E-state index is -1.05. The zero-order chi connectivity index (χ0) is 19.0. The second kappa shape index (κ2) is 6.88. The van der Waals surface area contributed by atoms with E-state index in [1.807, 2.05) is 0 Å². The summed E-state index contributed by atoms with van der Waals surface area (Å²) in [7, 11) is 0. The summed E-state index contributed by atoms with van der Waals surface area (Å²) in [5, 5.41) is 13.5. The SMILES string of the molecule is C=C1Sc2c(nc(N)[nH]c2=O)N1[C@@H]1O[C@H](CO)[C@@H](N=[N+]=[N-])[C@H]1OC(C)=O. The highest BCUT2D eigenvalue weighted by molar-refractivity contribution is 8.03. The Labute approximate surface area is 150 Å². The summed E-state index contributed by atoms with van der Waals surface area (Å²) < 4.78 is 11.0. The van der Waals surface area contributed by atoms with Gasteiger partial charge in [-0.2, -0.15) is 4.98 Å². The number of azide groups is 1. The topological polar surface area (TPSA) is 180 Å². The van der Waals surface area contributed by atoms with Crippen LogP contribution in [0.1, 0.15) is 6.92 Å². The predicted octanol–water partition coefficient (Wildman–Crippen LogP) is 0.0632. The molecule has 2 aliphatic heterocycles. The number of hydrogen-bond donors (Lipinski definition) is 3. The van der Waals surface area contributed by atoms with Crippen molar-refractivity contribution in [3.8, 4) is 0 Å². The molecule has 26 heavy (non-hydrogen) atoms. The molecule has 13 heteroatoms. The Kier molecular flexibility index (Phi) is 4.78. The molecule has 0 aromatic carbocycles. The number of aliphatic hydroxyl groups excluding tert-OH is 1. The van der Waals surface area contributed by atoms with E-state index in [1.54, 1.807) is 0 Å². The molecule has 2 aliphatic rings. The van der Waals surface area contributed by atoms with Crippen molar-refractivity contribution in [1.82, 2.24) is 9.97 Å². The molecular weight excluding hydrogens is 366 g/mol. The van der Waals surface area contributed by atoms with Crippen molar-refractivity contribution in [3.05, 3.63) is 32.4 Å². The summed E-state index contributed by atoms with van der Waals surface area (Å²) in [5.74, 6) is -0.556. The molecule has 1 aromatic heterocycles. The highest BCUT2D eigenvalue weighted by Crippen LogP contribution is 2.46. The van der Waals surface area contributed by atoms with Crippen LogP contribution in [-0.2, 0) is 14.3 Å². The zero-order valence-electron chi connectivity index (χ0n) is 13.5. The van der Waals surface area contributed by atoms with Crippen LogP contribution in [0.25, 0.3) is 10.4 Å². The molecule has 1 saturated heterocycles. The molecule has 0 spiro atoms. The number of nitrogens with one attached hydrogen (secondary N) is 1. The molecule has 1 fully saturated rings. The smallest absolute Gasteiger partial charge is 0.303 e. The number of nitrogens with zero attached hydrogens (tertiary/aromatic N) is 5. The first kappa shape index (κ1) is 18.1. The van der Waals surface area contributed by atoms with Crippen molar-refractivity contribution < 1.29 is 19.4 Å². The van der Waals surface area contributed by atoms with Gasteiger partial charge in [0.25, 0.3) is 5.56 Å². The Morgan fingerprint density at radius 2 is 2.42 bits per heavy atom. The maximum absolute atomic E-state index is 12.1. The van der Waals surface area contributed by atoms with E-state index < -0.39 is 42.6 Å². The van der Waals surface area contributed by atoms with E-state index in [0.29, 0.717) is 5.03 Å². The summed E-state index contributed by atoms with van der Waals surface area (Å²) in [6.45, 7) is 4.59. The lowest BCUT2D eigenvalue weighted by atomic mass is 10.1. The molecule has 0 aliphatic carbocycles. The maximum Gasteiger partial charge on any atom is 0.303 e. The summed E-state index contributed by atoms with van der Waals surface area (Å²) in [5.41, 5.74) is 14.0. The zero-order valence-corrected chi connectivity index (χ0v) is 14.3. The molecular formula is C13H15N7O5S. The van der Waals surface area contributed by atoms with Crippen LogP contribution in [-0.4, -0.2) is 52.1 Å². The molecule has 0 bridgehead atoms. The van der Waals surface area contributed by atoms with E-state index in [4.69, 9.17) is 20.7 Å². The number of aliphatic hydroxyl groups is 1. The average molecular weight is 381 g/mol. The molecule has 12 nitrogen and oxygen atoms in total. The highest BCUT2D eigenvalue weighted by atomic mass is 32.2. The van der Waals surface area contributed by atoms with Gasteiger partial charge in [-0.3, -0.25) is 19.5 Å². The Morgan fingerprint density at radius 3 is 3.04 bits per heavy atom. The van der Waals surface area contributed by atoms with Crippen molar-refractivity contribution in [2.75, 3.05) is 17.2 Å². The highest BCUT2D eigenvalue weighted by Gasteiger charge is 2.51. The van der Waals surface area contributed by atoms with Crippen molar-refractivity contribution >= 4 is 29.5 Å². The molecule has 0 amide bonds. The van der Waals surface area contributed by atoms with Gasteiger partial charge in [0.1, 0.15) is 10.9 Å². The Morgan fingerprint density at radius 1 is 1.69 bits per heavy atom. The summed E-state index contributed by atoms with van der Waals surface area (Å²) >= 11 is 1.05. The quantitative estimate of drug-likeness (QED) is 0.281. The third-order valence-electron chi connectivity index (χ3n) is 3.83. The van der Waals surface area contributed by atoms with Gasteiger partial charge in [-0.15, -0.1) is 0 Å². The fourth-order valence-corrected chi connectivity index (χ4v) is 3.77. The van der Waals surface area contributed by atoms with Crippen molar-refractivity contribution in [1.29, 1.82) is 0 Å². The number of H-pyrrole nitrogens is 1. The normalized spacial score (nSPS) is 27.2.